The van der Waals surface area contributed by atoms with E-state index in [1.54, 1.807) is 6.08 Å². The topological polar surface area (TPSA) is 29.1 Å². The van der Waals surface area contributed by atoms with Gasteiger partial charge in [-0.3, -0.25) is 4.79 Å². The first-order valence-electron chi connectivity index (χ1n) is 4.71. The molecule has 1 amide bonds. The minimum atomic E-state index is -0.0976. The number of allylic oxidation sites excluding steroid dienone is 1. The molecule has 0 aromatic heterocycles. The zero-order valence-corrected chi connectivity index (χ0v) is 10.7. The van der Waals surface area contributed by atoms with Gasteiger partial charge in [0.05, 0.1) is 5.69 Å². The normalized spacial score (nSPS) is 9.60. The van der Waals surface area contributed by atoms with Gasteiger partial charge in [0, 0.05) is 10.5 Å². The third-order valence-electron chi connectivity index (χ3n) is 1.80. The smallest absolute Gasteiger partial charge is 0.248 e. The summed E-state index contributed by atoms with van der Waals surface area (Å²) in [5, 5.41) is 2.81. The fourth-order valence-corrected chi connectivity index (χ4v) is 1.74. The number of halogens is 1. The highest BCUT2D eigenvalue weighted by Crippen LogP contribution is 2.23. The van der Waals surface area contributed by atoms with Crippen LogP contribution in [0.4, 0.5) is 5.69 Å². The number of anilines is 1. The number of amides is 1. The van der Waals surface area contributed by atoms with Crippen LogP contribution in [0.15, 0.2) is 34.3 Å². The van der Waals surface area contributed by atoms with Crippen LogP contribution in [-0.4, -0.2) is 5.91 Å². The van der Waals surface area contributed by atoms with Crippen molar-refractivity contribution in [3.05, 3.63) is 39.9 Å². The molecule has 0 fully saturated rings. The molecule has 0 heterocycles. The molecule has 15 heavy (non-hydrogen) atoms. The Labute approximate surface area is 98.5 Å². The van der Waals surface area contributed by atoms with E-state index in [4.69, 9.17) is 0 Å². The first-order valence-corrected chi connectivity index (χ1v) is 5.50. The molecule has 2 nitrogen and oxygen atoms in total. The van der Waals surface area contributed by atoms with Crippen LogP contribution < -0.4 is 5.32 Å². The molecule has 0 aliphatic carbocycles. The SMILES string of the molecule is CC(C)=CC(=O)Nc1ccc(C)cc1Br. The van der Waals surface area contributed by atoms with Crippen LogP contribution >= 0.6 is 15.9 Å². The average molecular weight is 268 g/mol. The minimum Gasteiger partial charge on any atom is -0.321 e. The van der Waals surface area contributed by atoms with E-state index in [1.165, 1.54) is 0 Å². The lowest BCUT2D eigenvalue weighted by Gasteiger charge is -2.06. The fourth-order valence-electron chi connectivity index (χ4n) is 1.15. The molecule has 80 valence electrons. The van der Waals surface area contributed by atoms with Crippen LogP contribution in [0, 0.1) is 6.92 Å². The van der Waals surface area contributed by atoms with Crippen molar-refractivity contribution in [2.75, 3.05) is 5.32 Å². The summed E-state index contributed by atoms with van der Waals surface area (Å²) in [5.74, 6) is -0.0976. The number of hydrogen-bond donors (Lipinski definition) is 1. The van der Waals surface area contributed by atoms with Gasteiger partial charge in [-0.15, -0.1) is 0 Å². The third kappa shape index (κ3) is 3.88. The third-order valence-corrected chi connectivity index (χ3v) is 2.46. The van der Waals surface area contributed by atoms with E-state index < -0.39 is 0 Å². The molecule has 0 radical (unpaired) electrons. The molecule has 1 rings (SSSR count). The standard InChI is InChI=1S/C12H14BrNO/c1-8(2)6-12(15)14-11-5-4-9(3)7-10(11)13/h4-7H,1-3H3,(H,14,15). The summed E-state index contributed by atoms with van der Waals surface area (Å²) in [4.78, 5) is 11.5. The van der Waals surface area contributed by atoms with E-state index >= 15 is 0 Å². The van der Waals surface area contributed by atoms with Gasteiger partial charge in [0.15, 0.2) is 0 Å². The van der Waals surface area contributed by atoms with Crippen molar-refractivity contribution in [1.29, 1.82) is 0 Å². The Morgan fingerprint density at radius 2 is 2.07 bits per heavy atom. The lowest BCUT2D eigenvalue weighted by molar-refractivity contribution is -0.111. The van der Waals surface area contributed by atoms with Crippen LogP contribution in [0.5, 0.6) is 0 Å². The number of carbonyl (C=O) groups excluding carboxylic acids is 1. The summed E-state index contributed by atoms with van der Waals surface area (Å²) < 4.78 is 0.901. The number of nitrogens with one attached hydrogen (secondary N) is 1. The lowest BCUT2D eigenvalue weighted by Crippen LogP contribution is -2.08. The quantitative estimate of drug-likeness (QED) is 0.815. The lowest BCUT2D eigenvalue weighted by atomic mass is 10.2. The van der Waals surface area contributed by atoms with E-state index in [9.17, 15) is 4.79 Å². The molecule has 1 N–H and O–H groups in total. The maximum absolute atomic E-state index is 11.5. The average Bonchev–Trinajstić information content (AvgIpc) is 2.08. The fraction of sp³-hybridized carbons (Fsp3) is 0.250. The first kappa shape index (κ1) is 12.0. The van der Waals surface area contributed by atoms with Gasteiger partial charge >= 0.3 is 0 Å². The van der Waals surface area contributed by atoms with Crippen LogP contribution in [0.25, 0.3) is 0 Å². The Hall–Kier alpha value is -1.09. The highest BCUT2D eigenvalue weighted by Gasteiger charge is 2.02. The van der Waals surface area contributed by atoms with Gasteiger partial charge in [0.1, 0.15) is 0 Å². The van der Waals surface area contributed by atoms with Crippen molar-refractivity contribution in [2.45, 2.75) is 20.8 Å². The van der Waals surface area contributed by atoms with E-state index in [-0.39, 0.29) is 5.91 Å². The molecule has 0 aliphatic rings. The number of hydrogen-bond acceptors (Lipinski definition) is 1. The molecule has 0 atom stereocenters. The van der Waals surface area contributed by atoms with Gasteiger partial charge in [-0.1, -0.05) is 11.6 Å². The highest BCUT2D eigenvalue weighted by atomic mass is 79.9. The van der Waals surface area contributed by atoms with Gasteiger partial charge < -0.3 is 5.32 Å². The first-order chi connectivity index (χ1) is 6.99. The molecule has 0 saturated carbocycles. The maximum atomic E-state index is 11.5. The zero-order chi connectivity index (χ0) is 11.4. The summed E-state index contributed by atoms with van der Waals surface area (Å²) in [6, 6.07) is 5.82. The summed E-state index contributed by atoms with van der Waals surface area (Å²) >= 11 is 3.41. The number of benzene rings is 1. The second kappa shape index (κ2) is 5.12. The Morgan fingerprint density at radius 1 is 1.40 bits per heavy atom. The van der Waals surface area contributed by atoms with Crippen molar-refractivity contribution < 1.29 is 4.79 Å². The molecular formula is C12H14BrNO. The van der Waals surface area contributed by atoms with E-state index in [1.807, 2.05) is 39.0 Å². The second-order valence-electron chi connectivity index (χ2n) is 3.69. The van der Waals surface area contributed by atoms with Gasteiger partial charge in [0.25, 0.3) is 0 Å². The molecule has 0 bridgehead atoms. The molecular weight excluding hydrogens is 254 g/mol. The number of carbonyl (C=O) groups is 1. The van der Waals surface area contributed by atoms with Gasteiger partial charge in [0.2, 0.25) is 5.91 Å². The zero-order valence-electron chi connectivity index (χ0n) is 9.10. The highest BCUT2D eigenvalue weighted by molar-refractivity contribution is 9.10. The summed E-state index contributed by atoms with van der Waals surface area (Å²) in [7, 11) is 0. The number of aryl methyl sites for hydroxylation is 1. The predicted molar refractivity (Wildman–Crippen MR) is 66.9 cm³/mol. The molecule has 0 unspecified atom stereocenters. The Balaban J connectivity index is 2.82. The Bertz CT molecular complexity index is 406. The van der Waals surface area contributed by atoms with E-state index in [0.29, 0.717) is 0 Å². The van der Waals surface area contributed by atoms with Crippen molar-refractivity contribution in [3.8, 4) is 0 Å². The molecule has 0 saturated heterocycles. The Morgan fingerprint density at radius 3 is 2.60 bits per heavy atom. The van der Waals surface area contributed by atoms with Crippen LogP contribution in [0.1, 0.15) is 19.4 Å². The molecule has 1 aromatic rings. The van der Waals surface area contributed by atoms with Crippen molar-refractivity contribution >= 4 is 27.5 Å². The van der Waals surface area contributed by atoms with Crippen molar-refractivity contribution in [3.63, 3.8) is 0 Å². The van der Waals surface area contributed by atoms with Crippen LogP contribution in [0.2, 0.25) is 0 Å². The molecule has 0 spiro atoms. The summed E-state index contributed by atoms with van der Waals surface area (Å²) in [6.45, 7) is 5.79. The van der Waals surface area contributed by atoms with Crippen LogP contribution in [0.3, 0.4) is 0 Å². The van der Waals surface area contributed by atoms with E-state index in [0.717, 1.165) is 21.3 Å². The Kier molecular flexibility index (Phi) is 4.09. The van der Waals surface area contributed by atoms with Gasteiger partial charge in [-0.05, 0) is 54.4 Å². The van der Waals surface area contributed by atoms with Crippen molar-refractivity contribution in [1.82, 2.24) is 0 Å². The molecule has 0 aliphatic heterocycles. The number of rotatable bonds is 2. The van der Waals surface area contributed by atoms with E-state index in [2.05, 4.69) is 21.2 Å². The largest absolute Gasteiger partial charge is 0.321 e. The minimum absolute atomic E-state index is 0.0976. The van der Waals surface area contributed by atoms with Crippen LogP contribution in [-0.2, 0) is 4.79 Å². The second-order valence-corrected chi connectivity index (χ2v) is 4.55. The molecule has 1 aromatic carbocycles. The monoisotopic (exact) mass is 267 g/mol. The van der Waals surface area contributed by atoms with Gasteiger partial charge in [-0.25, -0.2) is 0 Å². The van der Waals surface area contributed by atoms with Crippen molar-refractivity contribution in [2.24, 2.45) is 0 Å². The summed E-state index contributed by atoms with van der Waals surface area (Å²) in [6.07, 6.45) is 1.58. The maximum Gasteiger partial charge on any atom is 0.248 e. The molecule has 3 heteroatoms. The van der Waals surface area contributed by atoms with Gasteiger partial charge in [-0.2, -0.15) is 0 Å². The predicted octanol–water partition coefficient (Wildman–Crippen LogP) is 3.66. The summed E-state index contributed by atoms with van der Waals surface area (Å²) in [5.41, 5.74) is 2.93.